The monoisotopic (exact) mass is 259 g/mol. The van der Waals surface area contributed by atoms with E-state index in [2.05, 4.69) is 44.8 Å². The first-order valence-electron chi connectivity index (χ1n) is 6.69. The number of fused-ring (bicyclic) bond motifs is 1. The molecule has 2 aromatic rings. The van der Waals surface area contributed by atoms with E-state index in [1.165, 1.54) is 36.6 Å². The van der Waals surface area contributed by atoms with Gasteiger partial charge in [-0.1, -0.05) is 0 Å². The summed E-state index contributed by atoms with van der Waals surface area (Å²) in [6.45, 7) is 1.19. The number of benzene rings is 1. The van der Waals surface area contributed by atoms with Crippen molar-refractivity contribution in [3.05, 3.63) is 24.5 Å². The second kappa shape index (κ2) is 4.19. The van der Waals surface area contributed by atoms with E-state index in [4.69, 9.17) is 0 Å². The molecule has 1 aliphatic heterocycles. The van der Waals surface area contributed by atoms with E-state index in [0.717, 1.165) is 23.0 Å². The molecular weight excluding hydrogens is 242 g/mol. The highest BCUT2D eigenvalue weighted by Gasteiger charge is 2.36. The van der Waals surface area contributed by atoms with Gasteiger partial charge in [0.25, 0.3) is 0 Å². The Hall–Kier alpha value is -1.16. The Morgan fingerprint density at radius 2 is 2.28 bits per heavy atom. The van der Waals surface area contributed by atoms with E-state index >= 15 is 0 Å². The number of hydrogen-bond donors (Lipinski definition) is 1. The summed E-state index contributed by atoms with van der Waals surface area (Å²) in [6.07, 6.45) is 4.63. The average molecular weight is 259 g/mol. The van der Waals surface area contributed by atoms with Gasteiger partial charge in [0.05, 0.1) is 17.4 Å². The van der Waals surface area contributed by atoms with Crippen LogP contribution in [0.25, 0.3) is 11.0 Å². The highest BCUT2D eigenvalue weighted by Crippen LogP contribution is 2.40. The second-order valence-corrected chi connectivity index (χ2v) is 6.43. The van der Waals surface area contributed by atoms with Gasteiger partial charge in [0.2, 0.25) is 0 Å². The third-order valence-corrected chi connectivity index (χ3v) is 5.12. The topological polar surface area (TPSA) is 31.9 Å². The normalized spacial score (nSPS) is 24.7. The molecule has 94 valence electrons. The van der Waals surface area contributed by atoms with Crippen molar-refractivity contribution in [1.29, 1.82) is 0 Å². The number of hydrogen-bond acceptors (Lipinski definition) is 3. The van der Waals surface area contributed by atoms with Crippen LogP contribution >= 0.6 is 11.8 Å². The lowest BCUT2D eigenvalue weighted by Gasteiger charge is -2.37. The Morgan fingerprint density at radius 3 is 3.17 bits per heavy atom. The molecular formula is C14H17N3S. The Labute approximate surface area is 111 Å². The first-order valence-corrected chi connectivity index (χ1v) is 7.85. The van der Waals surface area contributed by atoms with Gasteiger partial charge in [-0.25, -0.2) is 4.98 Å². The molecule has 2 heterocycles. The quantitative estimate of drug-likeness (QED) is 0.900. The van der Waals surface area contributed by atoms with Gasteiger partial charge in [0.15, 0.2) is 0 Å². The van der Waals surface area contributed by atoms with Gasteiger partial charge >= 0.3 is 0 Å². The number of rotatable bonds is 2. The van der Waals surface area contributed by atoms with E-state index in [-0.39, 0.29) is 0 Å². The zero-order chi connectivity index (χ0) is 11.9. The fourth-order valence-electron chi connectivity index (χ4n) is 2.92. The highest BCUT2D eigenvalue weighted by molar-refractivity contribution is 7.99. The van der Waals surface area contributed by atoms with Crippen molar-refractivity contribution in [3.8, 4) is 0 Å². The Bertz CT molecular complexity index is 561. The number of thioether (sulfide) groups is 1. The Kier molecular flexibility index (Phi) is 2.50. The molecule has 1 saturated heterocycles. The van der Waals surface area contributed by atoms with Crippen LogP contribution in [0.5, 0.6) is 0 Å². The number of aromatic nitrogens is 2. The van der Waals surface area contributed by atoms with Crippen LogP contribution in [0.4, 0.5) is 5.69 Å². The molecule has 0 amide bonds. The summed E-state index contributed by atoms with van der Waals surface area (Å²) in [5.41, 5.74) is 3.58. The lowest BCUT2D eigenvalue weighted by atomic mass is 10.1. The summed E-state index contributed by atoms with van der Waals surface area (Å²) in [7, 11) is 0. The van der Waals surface area contributed by atoms with E-state index in [0.29, 0.717) is 0 Å². The second-order valence-electron chi connectivity index (χ2n) is 5.28. The minimum absolute atomic E-state index is 0.754. The van der Waals surface area contributed by atoms with Gasteiger partial charge < -0.3 is 9.88 Å². The molecule has 0 spiro atoms. The number of H-pyrrole nitrogens is 1. The third kappa shape index (κ3) is 1.79. The molecule has 1 atom stereocenters. The van der Waals surface area contributed by atoms with Crippen LogP contribution in [-0.2, 0) is 0 Å². The minimum atomic E-state index is 0.754. The van der Waals surface area contributed by atoms with Gasteiger partial charge in [-0.15, -0.1) is 0 Å². The van der Waals surface area contributed by atoms with Crippen molar-refractivity contribution in [2.75, 3.05) is 23.0 Å². The number of anilines is 1. The maximum Gasteiger partial charge on any atom is 0.0931 e. The van der Waals surface area contributed by atoms with Crippen LogP contribution in [0.3, 0.4) is 0 Å². The maximum atomic E-state index is 4.29. The van der Waals surface area contributed by atoms with Gasteiger partial charge in [-0.2, -0.15) is 11.8 Å². The van der Waals surface area contributed by atoms with E-state index < -0.39 is 0 Å². The molecule has 0 bridgehead atoms. The average Bonchev–Trinajstić information content (AvgIpc) is 3.16. The van der Waals surface area contributed by atoms with Gasteiger partial charge in [-0.05, 0) is 37.0 Å². The smallest absolute Gasteiger partial charge is 0.0931 e. The van der Waals surface area contributed by atoms with Crippen LogP contribution < -0.4 is 4.90 Å². The van der Waals surface area contributed by atoms with Crippen molar-refractivity contribution in [1.82, 2.24) is 9.97 Å². The van der Waals surface area contributed by atoms with Crippen LogP contribution in [0.2, 0.25) is 0 Å². The number of nitrogens with one attached hydrogen (secondary N) is 1. The molecule has 1 unspecified atom stereocenters. The van der Waals surface area contributed by atoms with Crippen molar-refractivity contribution in [2.24, 2.45) is 5.92 Å². The molecule has 4 heteroatoms. The molecule has 1 N–H and O–H groups in total. The number of nitrogens with zero attached hydrogens (tertiary/aromatic N) is 2. The lowest BCUT2D eigenvalue weighted by Crippen LogP contribution is -2.43. The van der Waals surface area contributed by atoms with E-state index in [1.807, 2.05) is 0 Å². The predicted octanol–water partition coefficient (Wildman–Crippen LogP) is 2.89. The van der Waals surface area contributed by atoms with Crippen molar-refractivity contribution >= 4 is 28.5 Å². The molecule has 1 aromatic carbocycles. The first kappa shape index (κ1) is 10.7. The summed E-state index contributed by atoms with van der Waals surface area (Å²) in [5, 5.41) is 0. The molecule has 1 aromatic heterocycles. The van der Waals surface area contributed by atoms with Gasteiger partial charge in [0.1, 0.15) is 0 Å². The van der Waals surface area contributed by atoms with Crippen molar-refractivity contribution in [2.45, 2.75) is 18.9 Å². The zero-order valence-corrected chi connectivity index (χ0v) is 11.1. The zero-order valence-electron chi connectivity index (χ0n) is 10.3. The lowest BCUT2D eigenvalue weighted by molar-refractivity contribution is 0.582. The number of imidazole rings is 1. The molecule has 4 rings (SSSR count). The van der Waals surface area contributed by atoms with Crippen LogP contribution in [-0.4, -0.2) is 34.1 Å². The standard InChI is InChI=1S/C14H17N3S/c1-2-10(1)14-8-18-6-5-17(14)11-3-4-12-13(7-11)16-9-15-12/h3-4,7,9-10,14H,1-2,5-6,8H2,(H,15,16). The van der Waals surface area contributed by atoms with Crippen LogP contribution in [0.1, 0.15) is 12.8 Å². The molecule has 3 nitrogen and oxygen atoms in total. The molecule has 1 aliphatic carbocycles. The van der Waals surface area contributed by atoms with Crippen molar-refractivity contribution in [3.63, 3.8) is 0 Å². The Morgan fingerprint density at radius 1 is 1.33 bits per heavy atom. The molecule has 1 saturated carbocycles. The summed E-state index contributed by atoms with van der Waals surface area (Å²) >= 11 is 2.11. The summed E-state index contributed by atoms with van der Waals surface area (Å²) in [5.74, 6) is 3.49. The number of aromatic amines is 1. The fourth-order valence-corrected chi connectivity index (χ4v) is 4.10. The van der Waals surface area contributed by atoms with E-state index in [9.17, 15) is 0 Å². The highest BCUT2D eigenvalue weighted by atomic mass is 32.2. The third-order valence-electron chi connectivity index (χ3n) is 4.07. The molecule has 18 heavy (non-hydrogen) atoms. The van der Waals surface area contributed by atoms with E-state index in [1.54, 1.807) is 6.33 Å². The summed E-state index contributed by atoms with van der Waals surface area (Å²) < 4.78 is 0. The van der Waals surface area contributed by atoms with Gasteiger partial charge in [-0.3, -0.25) is 0 Å². The largest absolute Gasteiger partial charge is 0.367 e. The summed E-state index contributed by atoms with van der Waals surface area (Å²) in [6, 6.07) is 7.37. The Balaban J connectivity index is 1.70. The fraction of sp³-hybridized carbons (Fsp3) is 0.500. The maximum absolute atomic E-state index is 4.29. The molecule has 0 radical (unpaired) electrons. The minimum Gasteiger partial charge on any atom is -0.367 e. The predicted molar refractivity (Wildman–Crippen MR) is 77.3 cm³/mol. The molecule has 2 fully saturated rings. The van der Waals surface area contributed by atoms with Crippen LogP contribution in [0, 0.1) is 5.92 Å². The summed E-state index contributed by atoms with van der Waals surface area (Å²) in [4.78, 5) is 10.1. The SMILES string of the molecule is c1nc2ccc(N3CCSCC3C3CC3)cc2[nH]1. The van der Waals surface area contributed by atoms with Gasteiger partial charge in [0, 0.05) is 29.8 Å². The molecule has 2 aliphatic rings. The van der Waals surface area contributed by atoms with Crippen molar-refractivity contribution < 1.29 is 0 Å². The first-order chi connectivity index (χ1) is 8.92. The van der Waals surface area contributed by atoms with Crippen LogP contribution in [0.15, 0.2) is 24.5 Å².